The highest BCUT2D eigenvalue weighted by Crippen LogP contribution is 2.16. The van der Waals surface area contributed by atoms with E-state index in [2.05, 4.69) is 22.6 Å². The lowest BCUT2D eigenvalue weighted by Gasteiger charge is -2.01. The van der Waals surface area contributed by atoms with Crippen LogP contribution in [0.15, 0.2) is 12.1 Å². The van der Waals surface area contributed by atoms with Gasteiger partial charge in [0, 0.05) is 4.43 Å². The summed E-state index contributed by atoms with van der Waals surface area (Å²) in [7, 11) is 0. The van der Waals surface area contributed by atoms with E-state index >= 15 is 0 Å². The lowest BCUT2D eigenvalue weighted by Crippen LogP contribution is -1.90. The van der Waals surface area contributed by atoms with Crippen molar-refractivity contribution in [2.75, 3.05) is 0 Å². The van der Waals surface area contributed by atoms with Crippen LogP contribution >= 0.6 is 22.6 Å². The van der Waals surface area contributed by atoms with Gasteiger partial charge >= 0.3 is 0 Å². The molecule has 0 aliphatic rings. The van der Waals surface area contributed by atoms with Crippen molar-refractivity contribution >= 4 is 22.6 Å². The Morgan fingerprint density at radius 2 is 1.82 bits per heavy atom. The second-order valence-electron chi connectivity index (χ2n) is 2.33. The molecule has 0 amide bonds. The topological polar surface area (TPSA) is 0 Å². The van der Waals surface area contributed by atoms with Gasteiger partial charge in [0.2, 0.25) is 0 Å². The predicted molar refractivity (Wildman–Crippen MR) is 48.8 cm³/mol. The van der Waals surface area contributed by atoms with Gasteiger partial charge < -0.3 is 0 Å². The number of rotatable bonds is 1. The Bertz CT molecular complexity index is 271. The molecule has 1 aromatic carbocycles. The van der Waals surface area contributed by atoms with E-state index in [1.807, 2.05) is 0 Å². The maximum atomic E-state index is 12.6. The van der Waals surface area contributed by atoms with Crippen LogP contribution in [0.25, 0.3) is 0 Å². The summed E-state index contributed by atoms with van der Waals surface area (Å²) >= 11 is 2.12. The quantitative estimate of drug-likeness (QED) is 0.542. The minimum absolute atomic E-state index is 0.709. The van der Waals surface area contributed by atoms with Crippen LogP contribution in [0.2, 0.25) is 0 Å². The Morgan fingerprint density at radius 3 is 2.36 bits per heavy atom. The summed E-state index contributed by atoms with van der Waals surface area (Å²) in [5, 5.41) is 0. The van der Waals surface area contributed by atoms with Gasteiger partial charge in [-0.1, -0.05) is 22.6 Å². The Labute approximate surface area is 77.8 Å². The predicted octanol–water partition coefficient (Wildman–Crippen LogP) is 3.21. The van der Waals surface area contributed by atoms with Crippen molar-refractivity contribution in [3.8, 4) is 0 Å². The van der Waals surface area contributed by atoms with Gasteiger partial charge in [-0.15, -0.1) is 0 Å². The SMILES string of the molecule is Cc1cc(F)c(F)cc1CI. The maximum Gasteiger partial charge on any atom is 0.159 e. The molecule has 0 spiro atoms. The van der Waals surface area contributed by atoms with Gasteiger partial charge in [-0.3, -0.25) is 0 Å². The summed E-state index contributed by atoms with van der Waals surface area (Å²) in [5.41, 5.74) is 1.66. The fourth-order valence-corrected chi connectivity index (χ4v) is 1.65. The first-order chi connectivity index (χ1) is 5.15. The average molecular weight is 268 g/mol. The summed E-state index contributed by atoms with van der Waals surface area (Å²) in [6.07, 6.45) is 0. The number of aryl methyl sites for hydroxylation is 1. The van der Waals surface area contributed by atoms with Crippen LogP contribution < -0.4 is 0 Å². The molecule has 0 atom stereocenters. The second kappa shape index (κ2) is 3.47. The summed E-state index contributed by atoms with van der Waals surface area (Å²) in [6.45, 7) is 1.77. The zero-order valence-corrected chi connectivity index (χ0v) is 8.15. The third-order valence-electron chi connectivity index (χ3n) is 1.52. The summed E-state index contributed by atoms with van der Waals surface area (Å²) in [4.78, 5) is 0. The van der Waals surface area contributed by atoms with Gasteiger partial charge in [-0.05, 0) is 30.2 Å². The van der Waals surface area contributed by atoms with E-state index in [-0.39, 0.29) is 0 Å². The first-order valence-electron chi connectivity index (χ1n) is 3.15. The van der Waals surface area contributed by atoms with Crippen molar-refractivity contribution in [1.29, 1.82) is 0 Å². The van der Waals surface area contributed by atoms with Gasteiger partial charge in [0.15, 0.2) is 11.6 Å². The van der Waals surface area contributed by atoms with Crippen LogP contribution in [0.1, 0.15) is 11.1 Å². The van der Waals surface area contributed by atoms with Crippen molar-refractivity contribution in [1.82, 2.24) is 0 Å². The highest BCUT2D eigenvalue weighted by atomic mass is 127. The molecule has 1 rings (SSSR count). The fourth-order valence-electron chi connectivity index (χ4n) is 0.831. The highest BCUT2D eigenvalue weighted by molar-refractivity contribution is 14.1. The molecule has 0 bridgehead atoms. The van der Waals surface area contributed by atoms with E-state index in [1.54, 1.807) is 6.92 Å². The second-order valence-corrected chi connectivity index (χ2v) is 3.09. The number of hydrogen-bond acceptors (Lipinski definition) is 0. The van der Waals surface area contributed by atoms with Gasteiger partial charge in [-0.25, -0.2) is 8.78 Å². The molecule has 0 radical (unpaired) electrons. The number of alkyl halides is 1. The smallest absolute Gasteiger partial charge is 0.159 e. The highest BCUT2D eigenvalue weighted by Gasteiger charge is 2.04. The number of benzene rings is 1. The molecule has 3 heteroatoms. The molecule has 60 valence electrons. The lowest BCUT2D eigenvalue weighted by molar-refractivity contribution is 0.506. The van der Waals surface area contributed by atoms with Crippen molar-refractivity contribution in [3.05, 3.63) is 34.9 Å². The first kappa shape index (κ1) is 8.90. The average Bonchev–Trinajstić information content (AvgIpc) is 1.97. The van der Waals surface area contributed by atoms with Crippen molar-refractivity contribution in [2.45, 2.75) is 11.4 Å². The normalized spacial score (nSPS) is 10.2. The standard InChI is InChI=1S/C8H7F2I/c1-5-2-7(9)8(10)3-6(5)4-11/h2-3H,4H2,1H3. The number of hydrogen-bond donors (Lipinski definition) is 0. The monoisotopic (exact) mass is 268 g/mol. The minimum Gasteiger partial charge on any atom is -0.204 e. The Balaban J connectivity index is 3.21. The van der Waals surface area contributed by atoms with E-state index in [9.17, 15) is 8.78 Å². The van der Waals surface area contributed by atoms with E-state index in [1.165, 1.54) is 12.1 Å². The fraction of sp³-hybridized carbons (Fsp3) is 0.250. The Hall–Kier alpha value is -0.190. The molecule has 0 N–H and O–H groups in total. The van der Waals surface area contributed by atoms with Crippen LogP contribution in [0.5, 0.6) is 0 Å². The van der Waals surface area contributed by atoms with Gasteiger partial charge in [0.1, 0.15) is 0 Å². The van der Waals surface area contributed by atoms with Gasteiger partial charge in [-0.2, -0.15) is 0 Å². The minimum atomic E-state index is -0.767. The first-order valence-corrected chi connectivity index (χ1v) is 4.68. The van der Waals surface area contributed by atoms with Gasteiger partial charge in [0.05, 0.1) is 0 Å². The molecule has 0 saturated heterocycles. The van der Waals surface area contributed by atoms with E-state index in [4.69, 9.17) is 0 Å². The van der Waals surface area contributed by atoms with Crippen LogP contribution in [0, 0.1) is 18.6 Å². The molecule has 11 heavy (non-hydrogen) atoms. The summed E-state index contributed by atoms with van der Waals surface area (Å²) in [6, 6.07) is 2.47. The van der Waals surface area contributed by atoms with E-state index in [0.29, 0.717) is 4.43 Å². The molecule has 0 aromatic heterocycles. The van der Waals surface area contributed by atoms with Crippen LogP contribution in [-0.4, -0.2) is 0 Å². The Morgan fingerprint density at radius 1 is 1.27 bits per heavy atom. The molecular formula is C8H7F2I. The van der Waals surface area contributed by atoms with E-state index < -0.39 is 11.6 Å². The number of halogens is 3. The summed E-state index contributed by atoms with van der Waals surface area (Å²) in [5.74, 6) is -1.53. The van der Waals surface area contributed by atoms with Crippen LogP contribution in [0.3, 0.4) is 0 Å². The van der Waals surface area contributed by atoms with Crippen molar-refractivity contribution in [3.63, 3.8) is 0 Å². The molecule has 0 aliphatic carbocycles. The molecule has 0 unspecified atom stereocenters. The summed E-state index contributed by atoms with van der Waals surface area (Å²) < 4.78 is 25.8. The zero-order valence-electron chi connectivity index (χ0n) is 6.00. The Kier molecular flexibility index (Phi) is 2.81. The largest absolute Gasteiger partial charge is 0.204 e. The molecular weight excluding hydrogens is 261 g/mol. The third kappa shape index (κ3) is 1.89. The van der Waals surface area contributed by atoms with Gasteiger partial charge in [0.25, 0.3) is 0 Å². The molecule has 0 fully saturated rings. The van der Waals surface area contributed by atoms with Crippen molar-refractivity contribution < 1.29 is 8.78 Å². The molecule has 0 aliphatic heterocycles. The van der Waals surface area contributed by atoms with Crippen LogP contribution in [0.4, 0.5) is 8.78 Å². The maximum absolute atomic E-state index is 12.6. The zero-order chi connectivity index (χ0) is 8.43. The molecule has 1 aromatic rings. The lowest BCUT2D eigenvalue weighted by atomic mass is 10.1. The molecule has 0 saturated carbocycles. The molecule has 0 nitrogen and oxygen atoms in total. The van der Waals surface area contributed by atoms with Crippen LogP contribution in [-0.2, 0) is 4.43 Å². The van der Waals surface area contributed by atoms with E-state index in [0.717, 1.165) is 11.1 Å². The third-order valence-corrected chi connectivity index (χ3v) is 2.34. The van der Waals surface area contributed by atoms with Crippen molar-refractivity contribution in [2.24, 2.45) is 0 Å². The molecule has 0 heterocycles.